The fourth-order valence-electron chi connectivity index (χ4n) is 3.63. The van der Waals surface area contributed by atoms with Crippen LogP contribution in [0.25, 0.3) is 11.3 Å². The minimum absolute atomic E-state index is 0.0587. The van der Waals surface area contributed by atoms with E-state index in [2.05, 4.69) is 9.88 Å². The van der Waals surface area contributed by atoms with Gasteiger partial charge in [0.05, 0.1) is 25.5 Å². The molecule has 4 rings (SSSR count). The molecule has 3 heterocycles. The molecule has 0 saturated carbocycles. The zero-order valence-corrected chi connectivity index (χ0v) is 16.6. The lowest BCUT2D eigenvalue weighted by Crippen LogP contribution is -2.33. The second kappa shape index (κ2) is 8.45. The number of hydrogen-bond acceptors (Lipinski definition) is 6. The van der Waals surface area contributed by atoms with E-state index in [0.29, 0.717) is 24.8 Å². The van der Waals surface area contributed by atoms with E-state index in [0.717, 1.165) is 29.8 Å². The zero-order chi connectivity index (χ0) is 20.2. The molecule has 3 aromatic rings. The van der Waals surface area contributed by atoms with E-state index in [1.807, 2.05) is 36.4 Å². The van der Waals surface area contributed by atoms with Crippen LogP contribution in [0.1, 0.15) is 18.1 Å². The topological polar surface area (TPSA) is 69.5 Å². The molecule has 150 valence electrons. The highest BCUT2D eigenvalue weighted by Gasteiger charge is 2.24. The van der Waals surface area contributed by atoms with Gasteiger partial charge < -0.3 is 14.4 Å². The maximum Gasteiger partial charge on any atom is 0.255 e. The molecule has 1 unspecified atom stereocenters. The molecule has 29 heavy (non-hydrogen) atoms. The molecule has 0 radical (unpaired) electrons. The second-order valence-corrected chi connectivity index (χ2v) is 6.95. The molecule has 0 aliphatic carbocycles. The van der Waals surface area contributed by atoms with E-state index in [9.17, 15) is 4.79 Å². The molecule has 1 aliphatic rings. The molecule has 0 bridgehead atoms. The maximum atomic E-state index is 12.6. The Morgan fingerprint density at radius 2 is 1.93 bits per heavy atom. The van der Waals surface area contributed by atoms with Crippen molar-refractivity contribution in [2.75, 3.05) is 31.7 Å². The number of anilines is 1. The number of pyridine rings is 1. The van der Waals surface area contributed by atoms with Crippen molar-refractivity contribution in [3.8, 4) is 17.0 Å². The molecule has 1 fully saturated rings. The van der Waals surface area contributed by atoms with Crippen molar-refractivity contribution in [1.29, 1.82) is 0 Å². The Kier molecular flexibility index (Phi) is 5.57. The normalized spacial score (nSPS) is 17.0. The molecule has 1 atom stereocenters. The zero-order valence-electron chi connectivity index (χ0n) is 16.6. The fourth-order valence-corrected chi connectivity index (χ4v) is 3.63. The van der Waals surface area contributed by atoms with E-state index in [4.69, 9.17) is 14.5 Å². The first kappa shape index (κ1) is 19.1. The summed E-state index contributed by atoms with van der Waals surface area (Å²) in [4.78, 5) is 23.5. The Morgan fingerprint density at radius 1 is 1.14 bits per heavy atom. The van der Waals surface area contributed by atoms with Crippen molar-refractivity contribution in [2.45, 2.75) is 12.5 Å². The molecule has 1 saturated heterocycles. The molecule has 0 spiro atoms. The van der Waals surface area contributed by atoms with Crippen LogP contribution in [0, 0.1) is 0 Å². The van der Waals surface area contributed by atoms with Gasteiger partial charge in [0.15, 0.2) is 0 Å². The second-order valence-electron chi connectivity index (χ2n) is 6.95. The summed E-state index contributed by atoms with van der Waals surface area (Å²) < 4.78 is 13.2. The molecule has 1 aliphatic heterocycles. The Hall–Kier alpha value is -3.19. The van der Waals surface area contributed by atoms with Crippen molar-refractivity contribution in [1.82, 2.24) is 14.5 Å². The van der Waals surface area contributed by atoms with Crippen molar-refractivity contribution in [3.05, 3.63) is 70.8 Å². The molecule has 7 heteroatoms. The van der Waals surface area contributed by atoms with Gasteiger partial charge in [-0.25, -0.2) is 4.98 Å². The highest BCUT2D eigenvalue weighted by atomic mass is 16.5. The summed E-state index contributed by atoms with van der Waals surface area (Å²) in [6, 6.07) is 13.2. The van der Waals surface area contributed by atoms with Gasteiger partial charge in [-0.15, -0.1) is 0 Å². The van der Waals surface area contributed by atoms with Gasteiger partial charge in [-0.05, 0) is 24.6 Å². The van der Waals surface area contributed by atoms with Crippen molar-refractivity contribution < 1.29 is 9.47 Å². The van der Waals surface area contributed by atoms with E-state index in [1.54, 1.807) is 37.2 Å². The van der Waals surface area contributed by atoms with Crippen LogP contribution in [0.4, 0.5) is 5.95 Å². The average Bonchev–Trinajstić information content (AvgIpc) is 3.02. The molecular weight excluding hydrogens is 368 g/mol. The third-order valence-corrected chi connectivity index (χ3v) is 5.20. The van der Waals surface area contributed by atoms with Crippen LogP contribution >= 0.6 is 0 Å². The maximum absolute atomic E-state index is 12.6. The highest BCUT2D eigenvalue weighted by Crippen LogP contribution is 2.32. The predicted molar refractivity (Wildman–Crippen MR) is 111 cm³/mol. The van der Waals surface area contributed by atoms with Crippen molar-refractivity contribution >= 4 is 5.95 Å². The smallest absolute Gasteiger partial charge is 0.255 e. The van der Waals surface area contributed by atoms with Crippen LogP contribution < -0.4 is 15.2 Å². The monoisotopic (exact) mass is 392 g/mol. The Labute approximate surface area is 169 Å². The van der Waals surface area contributed by atoms with Gasteiger partial charge in [0.25, 0.3) is 5.56 Å². The summed E-state index contributed by atoms with van der Waals surface area (Å²) in [5.41, 5.74) is 2.48. The number of methoxy groups -OCH3 is 1. The van der Waals surface area contributed by atoms with Crippen LogP contribution in [0.3, 0.4) is 0 Å². The predicted octanol–water partition coefficient (Wildman–Crippen LogP) is 2.82. The molecule has 2 aromatic heterocycles. The lowest BCUT2D eigenvalue weighted by Gasteiger charge is -2.23. The van der Waals surface area contributed by atoms with Gasteiger partial charge in [0.2, 0.25) is 5.95 Å². The molecule has 0 N–H and O–H groups in total. The van der Waals surface area contributed by atoms with E-state index >= 15 is 0 Å². The van der Waals surface area contributed by atoms with Gasteiger partial charge in [0, 0.05) is 49.7 Å². The molecule has 7 nitrogen and oxygen atoms in total. The Morgan fingerprint density at radius 3 is 2.72 bits per heavy atom. The number of rotatable bonds is 4. The lowest BCUT2D eigenvalue weighted by atomic mass is 10.1. The largest absolute Gasteiger partial charge is 0.496 e. The van der Waals surface area contributed by atoms with Gasteiger partial charge in [-0.2, -0.15) is 0 Å². The van der Waals surface area contributed by atoms with E-state index in [1.165, 1.54) is 0 Å². The van der Waals surface area contributed by atoms with Gasteiger partial charge in [0.1, 0.15) is 5.75 Å². The number of hydrogen-bond donors (Lipinski definition) is 0. The number of benzene rings is 1. The van der Waals surface area contributed by atoms with Crippen LogP contribution in [0.2, 0.25) is 0 Å². The first-order chi connectivity index (χ1) is 14.2. The lowest BCUT2D eigenvalue weighted by molar-refractivity contribution is 0.0629. The number of ether oxygens (including phenoxy) is 2. The number of nitrogens with zero attached hydrogens (tertiary/aromatic N) is 4. The van der Waals surface area contributed by atoms with Gasteiger partial charge in [-0.1, -0.05) is 18.2 Å². The Bertz CT molecular complexity index is 1040. The SMILES string of the molecule is COc1ccccc1C1CCN(c2nc(-c3ccncc3)cc(=O)n2C)CCO1. The average molecular weight is 392 g/mol. The number of para-hydroxylation sites is 1. The summed E-state index contributed by atoms with van der Waals surface area (Å²) in [5, 5.41) is 0. The Balaban J connectivity index is 1.61. The molecular formula is C22H24N4O3. The first-order valence-electron chi connectivity index (χ1n) is 9.65. The van der Waals surface area contributed by atoms with Crippen LogP contribution in [0.15, 0.2) is 59.7 Å². The summed E-state index contributed by atoms with van der Waals surface area (Å²) >= 11 is 0. The first-order valence-corrected chi connectivity index (χ1v) is 9.65. The van der Waals surface area contributed by atoms with E-state index < -0.39 is 0 Å². The van der Waals surface area contributed by atoms with Crippen LogP contribution in [0.5, 0.6) is 5.75 Å². The fraction of sp³-hybridized carbons (Fsp3) is 0.318. The van der Waals surface area contributed by atoms with E-state index in [-0.39, 0.29) is 11.7 Å². The van der Waals surface area contributed by atoms with Gasteiger partial charge in [-0.3, -0.25) is 14.3 Å². The van der Waals surface area contributed by atoms with Gasteiger partial charge >= 0.3 is 0 Å². The third-order valence-electron chi connectivity index (χ3n) is 5.20. The highest BCUT2D eigenvalue weighted by molar-refractivity contribution is 5.59. The third kappa shape index (κ3) is 4.00. The standard InChI is InChI=1S/C22H24N4O3/c1-25-21(27)15-18(16-7-10-23-11-8-16)24-22(25)26-12-9-20(29-14-13-26)17-5-3-4-6-19(17)28-2/h3-8,10-11,15,20H,9,12-14H2,1-2H3. The van der Waals surface area contributed by atoms with Crippen molar-refractivity contribution in [2.24, 2.45) is 7.05 Å². The summed E-state index contributed by atoms with van der Waals surface area (Å²) in [7, 11) is 3.43. The van der Waals surface area contributed by atoms with Crippen molar-refractivity contribution in [3.63, 3.8) is 0 Å². The molecule has 1 aromatic carbocycles. The summed E-state index contributed by atoms with van der Waals surface area (Å²) in [6.45, 7) is 1.92. The van der Waals surface area contributed by atoms with Crippen LogP contribution in [-0.2, 0) is 11.8 Å². The van der Waals surface area contributed by atoms with Crippen LogP contribution in [-0.4, -0.2) is 41.3 Å². The summed E-state index contributed by atoms with van der Waals surface area (Å²) in [6.07, 6.45) is 4.12. The summed E-state index contributed by atoms with van der Waals surface area (Å²) in [5.74, 6) is 1.48. The number of aromatic nitrogens is 3. The molecule has 0 amide bonds. The minimum Gasteiger partial charge on any atom is -0.496 e. The quantitative estimate of drug-likeness (QED) is 0.680. The minimum atomic E-state index is -0.0896.